The van der Waals surface area contributed by atoms with Gasteiger partial charge in [-0.1, -0.05) is 31.4 Å². The molecule has 8 nitrogen and oxygen atoms in total. The van der Waals surface area contributed by atoms with Crippen molar-refractivity contribution in [3.63, 3.8) is 0 Å². The molecule has 0 amide bonds. The molecule has 9 heteroatoms. The summed E-state index contributed by atoms with van der Waals surface area (Å²) in [5, 5.41) is 9.65. The zero-order valence-corrected chi connectivity index (χ0v) is 21.2. The quantitative estimate of drug-likeness (QED) is 0.522. The molecule has 5 rings (SSSR count). The molecule has 1 aliphatic carbocycles. The predicted octanol–water partition coefficient (Wildman–Crippen LogP) is 3.69. The summed E-state index contributed by atoms with van der Waals surface area (Å²) >= 11 is 0. The molecule has 0 unspecified atom stereocenters. The van der Waals surface area contributed by atoms with Gasteiger partial charge >= 0.3 is 0 Å². The Hall–Kier alpha value is -3.30. The van der Waals surface area contributed by atoms with Crippen LogP contribution >= 0.6 is 0 Å². The maximum atomic E-state index is 14.4. The molecule has 2 fully saturated rings. The molecule has 196 valence electrons. The van der Waals surface area contributed by atoms with E-state index in [1.54, 1.807) is 7.05 Å². The van der Waals surface area contributed by atoms with Crippen LogP contribution in [0.25, 0.3) is 11.3 Å². The number of pyridine rings is 1. The van der Waals surface area contributed by atoms with E-state index in [1.807, 2.05) is 4.90 Å². The topological polar surface area (TPSA) is 83.7 Å². The lowest BCUT2D eigenvalue weighted by Gasteiger charge is -2.37. The molecule has 1 aromatic carbocycles. The molecule has 2 aliphatic rings. The summed E-state index contributed by atoms with van der Waals surface area (Å²) in [5.41, 5.74) is 2.45. The zero-order chi connectivity index (χ0) is 25.8. The maximum Gasteiger partial charge on any atom is 0.255 e. The van der Waals surface area contributed by atoms with E-state index in [0.717, 1.165) is 30.3 Å². The fraction of sp³-hybridized carbons (Fsp3) is 0.464. The van der Waals surface area contributed by atoms with Gasteiger partial charge in [0.25, 0.3) is 5.56 Å². The largest absolute Gasteiger partial charge is 0.395 e. The van der Waals surface area contributed by atoms with Gasteiger partial charge in [-0.15, -0.1) is 0 Å². The minimum atomic E-state index is -0.516. The Kier molecular flexibility index (Phi) is 7.81. The number of hydrogen-bond acceptors (Lipinski definition) is 7. The van der Waals surface area contributed by atoms with Gasteiger partial charge in [0, 0.05) is 49.7 Å². The van der Waals surface area contributed by atoms with Crippen LogP contribution in [-0.4, -0.2) is 58.5 Å². The van der Waals surface area contributed by atoms with Crippen molar-refractivity contribution in [2.45, 2.75) is 44.2 Å². The Morgan fingerprint density at radius 3 is 2.68 bits per heavy atom. The van der Waals surface area contributed by atoms with E-state index in [-0.39, 0.29) is 29.5 Å². The average Bonchev–Trinajstić information content (AvgIpc) is 2.94. The number of benzene rings is 1. The van der Waals surface area contributed by atoms with Crippen LogP contribution in [0.5, 0.6) is 0 Å². The number of halogens is 1. The highest BCUT2D eigenvalue weighted by molar-refractivity contribution is 5.60. The summed E-state index contributed by atoms with van der Waals surface area (Å²) in [6.07, 6.45) is 8.51. The van der Waals surface area contributed by atoms with Crippen LogP contribution in [0.2, 0.25) is 0 Å². The van der Waals surface area contributed by atoms with Gasteiger partial charge in [0.2, 0.25) is 5.95 Å². The number of aliphatic hydroxyl groups excluding tert-OH is 1. The Morgan fingerprint density at radius 2 is 1.95 bits per heavy atom. The summed E-state index contributed by atoms with van der Waals surface area (Å²) in [4.78, 5) is 25.5. The first-order chi connectivity index (χ1) is 18.0. The van der Waals surface area contributed by atoms with Gasteiger partial charge in [-0.2, -0.15) is 0 Å². The molecular weight excluding hydrogens is 473 g/mol. The van der Waals surface area contributed by atoms with Gasteiger partial charge in [-0.3, -0.25) is 14.3 Å². The van der Waals surface area contributed by atoms with E-state index >= 15 is 0 Å². The van der Waals surface area contributed by atoms with Crippen molar-refractivity contribution in [1.82, 2.24) is 14.5 Å². The summed E-state index contributed by atoms with van der Waals surface area (Å²) in [7, 11) is 1.68. The zero-order valence-electron chi connectivity index (χ0n) is 21.2. The van der Waals surface area contributed by atoms with Crippen LogP contribution in [0.15, 0.2) is 53.6 Å². The van der Waals surface area contributed by atoms with Gasteiger partial charge in [-0.05, 0) is 36.6 Å². The standard InChI is InChI=1S/C28H34FN5O3/c1-32-27(36)17-25(23-11-12-30-18-24(23)29)31-28(32)33-14-16-37-26(19-33)20-7-9-22(10-8-20)34(13-15-35)21-5-3-2-4-6-21/h7-12,17-18,21,26,35H,2-6,13-16,19H2,1H3/t26-/m1/s1. The lowest BCUT2D eigenvalue weighted by Crippen LogP contribution is -2.41. The van der Waals surface area contributed by atoms with Crippen molar-refractivity contribution in [2.24, 2.45) is 7.05 Å². The molecule has 0 spiro atoms. The second kappa shape index (κ2) is 11.4. The van der Waals surface area contributed by atoms with E-state index in [2.05, 4.69) is 39.1 Å². The second-order valence-electron chi connectivity index (χ2n) is 9.80. The summed E-state index contributed by atoms with van der Waals surface area (Å²) < 4.78 is 22.0. The van der Waals surface area contributed by atoms with Crippen molar-refractivity contribution in [3.05, 3.63) is 70.5 Å². The van der Waals surface area contributed by atoms with E-state index < -0.39 is 5.82 Å². The Morgan fingerprint density at radius 1 is 1.16 bits per heavy atom. The molecule has 1 saturated heterocycles. The van der Waals surface area contributed by atoms with Gasteiger partial charge in [-0.25, -0.2) is 9.37 Å². The van der Waals surface area contributed by atoms with E-state index in [4.69, 9.17) is 4.74 Å². The number of aliphatic hydroxyl groups is 1. The summed E-state index contributed by atoms with van der Waals surface area (Å²) in [6.45, 7) is 2.34. The number of ether oxygens (including phenoxy) is 1. The SMILES string of the molecule is Cn1c(N2CCO[C@@H](c3ccc(N(CCO)C4CCCCC4)cc3)C2)nc(-c2ccncc2F)cc1=O. The first kappa shape index (κ1) is 25.4. The minimum absolute atomic E-state index is 0.132. The Bertz CT molecular complexity index is 1260. The van der Waals surface area contributed by atoms with Crippen LogP contribution < -0.4 is 15.4 Å². The van der Waals surface area contributed by atoms with Gasteiger partial charge < -0.3 is 19.6 Å². The third-order valence-corrected chi connectivity index (χ3v) is 7.46. The fourth-order valence-electron chi connectivity index (χ4n) is 5.47. The molecular formula is C28H34FN5O3. The highest BCUT2D eigenvalue weighted by Crippen LogP contribution is 2.31. The third kappa shape index (κ3) is 5.52. The number of rotatable bonds is 7. The van der Waals surface area contributed by atoms with E-state index in [9.17, 15) is 14.3 Å². The maximum absolute atomic E-state index is 14.4. The number of hydrogen-bond donors (Lipinski definition) is 1. The second-order valence-corrected chi connectivity index (χ2v) is 9.80. The molecule has 1 saturated carbocycles. The Labute approximate surface area is 216 Å². The smallest absolute Gasteiger partial charge is 0.255 e. The molecule has 0 bridgehead atoms. The summed E-state index contributed by atoms with van der Waals surface area (Å²) in [5.74, 6) is -0.0346. The number of morpholine rings is 1. The minimum Gasteiger partial charge on any atom is -0.395 e. The van der Waals surface area contributed by atoms with Crippen molar-refractivity contribution in [1.29, 1.82) is 0 Å². The van der Waals surface area contributed by atoms with Crippen LogP contribution in [-0.2, 0) is 11.8 Å². The van der Waals surface area contributed by atoms with Gasteiger partial charge in [0.15, 0.2) is 5.82 Å². The molecule has 0 radical (unpaired) electrons. The molecule has 3 aromatic rings. The van der Waals surface area contributed by atoms with Crippen LogP contribution in [0.1, 0.15) is 43.8 Å². The number of anilines is 2. The molecule has 1 atom stereocenters. The van der Waals surface area contributed by atoms with Crippen molar-refractivity contribution >= 4 is 11.6 Å². The Balaban J connectivity index is 1.36. The van der Waals surface area contributed by atoms with Crippen molar-refractivity contribution < 1.29 is 14.2 Å². The summed E-state index contributed by atoms with van der Waals surface area (Å²) in [6, 6.07) is 11.8. The molecule has 1 N–H and O–H groups in total. The lowest BCUT2D eigenvalue weighted by molar-refractivity contribution is 0.0390. The third-order valence-electron chi connectivity index (χ3n) is 7.46. The van der Waals surface area contributed by atoms with Crippen molar-refractivity contribution in [3.8, 4) is 11.3 Å². The van der Waals surface area contributed by atoms with Crippen LogP contribution in [0.4, 0.5) is 16.0 Å². The molecule has 1 aliphatic heterocycles. The van der Waals surface area contributed by atoms with Crippen LogP contribution in [0.3, 0.4) is 0 Å². The normalized spacial score (nSPS) is 18.7. The van der Waals surface area contributed by atoms with E-state index in [0.29, 0.717) is 38.2 Å². The first-order valence-electron chi connectivity index (χ1n) is 13.1. The van der Waals surface area contributed by atoms with Crippen LogP contribution in [0, 0.1) is 5.82 Å². The van der Waals surface area contributed by atoms with Gasteiger partial charge in [0.05, 0.1) is 31.6 Å². The number of nitrogens with zero attached hydrogens (tertiary/aromatic N) is 5. The molecule has 37 heavy (non-hydrogen) atoms. The highest BCUT2D eigenvalue weighted by Gasteiger charge is 2.26. The molecule has 2 aromatic heterocycles. The molecule has 3 heterocycles. The first-order valence-corrected chi connectivity index (χ1v) is 13.1. The highest BCUT2D eigenvalue weighted by atomic mass is 19.1. The lowest BCUT2D eigenvalue weighted by atomic mass is 9.93. The number of aromatic nitrogens is 3. The van der Waals surface area contributed by atoms with E-state index in [1.165, 1.54) is 42.2 Å². The predicted molar refractivity (Wildman–Crippen MR) is 141 cm³/mol. The monoisotopic (exact) mass is 507 g/mol. The fourth-order valence-corrected chi connectivity index (χ4v) is 5.47. The van der Waals surface area contributed by atoms with Gasteiger partial charge in [0.1, 0.15) is 6.10 Å². The van der Waals surface area contributed by atoms with Crippen molar-refractivity contribution in [2.75, 3.05) is 42.6 Å². The average molecular weight is 508 g/mol.